The largest absolute Gasteiger partial charge is 0.399 e. The van der Waals surface area contributed by atoms with E-state index in [9.17, 15) is 9.90 Å². The van der Waals surface area contributed by atoms with Gasteiger partial charge in [-0.05, 0) is 66.1 Å². The molecule has 3 aromatic rings. The number of carbonyl (C=O) groups is 1. The van der Waals surface area contributed by atoms with Crippen LogP contribution in [-0.2, 0) is 11.3 Å². The van der Waals surface area contributed by atoms with Gasteiger partial charge >= 0.3 is 0 Å². The average Bonchev–Trinajstić information content (AvgIpc) is 2.82. The van der Waals surface area contributed by atoms with Gasteiger partial charge in [0.15, 0.2) is 6.29 Å². The van der Waals surface area contributed by atoms with E-state index in [-0.39, 0.29) is 6.10 Å². The molecular formula is C26H26ClN3O2. The van der Waals surface area contributed by atoms with Crippen molar-refractivity contribution in [1.82, 2.24) is 9.88 Å². The van der Waals surface area contributed by atoms with Crippen LogP contribution in [0.5, 0.6) is 0 Å². The lowest BCUT2D eigenvalue weighted by Crippen LogP contribution is -2.35. The summed E-state index contributed by atoms with van der Waals surface area (Å²) in [5, 5.41) is 10.1. The fourth-order valence-electron chi connectivity index (χ4n) is 3.34. The van der Waals surface area contributed by atoms with Crippen LogP contribution in [0.25, 0.3) is 11.1 Å². The monoisotopic (exact) mass is 447 g/mol. The van der Waals surface area contributed by atoms with Gasteiger partial charge in [0.05, 0.1) is 6.10 Å². The van der Waals surface area contributed by atoms with E-state index in [1.54, 1.807) is 12.3 Å². The number of nitrogen functional groups attached to an aromatic ring is 1. The van der Waals surface area contributed by atoms with Crippen LogP contribution in [0.3, 0.4) is 0 Å². The Morgan fingerprint density at radius 1 is 1.03 bits per heavy atom. The quantitative estimate of drug-likeness (QED) is 0.357. The molecule has 5 nitrogen and oxygen atoms in total. The predicted octanol–water partition coefficient (Wildman–Crippen LogP) is 4.18. The molecule has 0 unspecified atom stereocenters. The maximum Gasteiger partial charge on any atom is 0.193 e. The zero-order valence-electron chi connectivity index (χ0n) is 17.7. The number of pyridine rings is 1. The molecule has 0 bridgehead atoms. The summed E-state index contributed by atoms with van der Waals surface area (Å²) in [5.74, 6) is 4.95. The van der Waals surface area contributed by atoms with Crippen LogP contribution in [0, 0.1) is 11.8 Å². The lowest BCUT2D eigenvalue weighted by molar-refractivity contribution is -0.103. The molecule has 0 atom stereocenters. The van der Waals surface area contributed by atoms with Crippen molar-refractivity contribution < 1.29 is 9.90 Å². The summed E-state index contributed by atoms with van der Waals surface area (Å²) in [6.07, 6.45) is 3.98. The van der Waals surface area contributed by atoms with E-state index in [4.69, 9.17) is 17.3 Å². The van der Waals surface area contributed by atoms with E-state index in [0.717, 1.165) is 49.3 Å². The topological polar surface area (TPSA) is 79.5 Å². The first kappa shape index (κ1) is 23.5. The Bertz CT molecular complexity index is 1050. The zero-order valence-corrected chi connectivity index (χ0v) is 18.5. The van der Waals surface area contributed by atoms with Crippen molar-refractivity contribution in [2.75, 3.05) is 18.8 Å². The molecule has 3 N–H and O–H groups in total. The lowest BCUT2D eigenvalue weighted by Gasteiger charge is -2.29. The molecule has 2 aromatic carbocycles. The summed E-state index contributed by atoms with van der Waals surface area (Å²) in [4.78, 5) is 16.6. The fraction of sp³-hybridized carbons (Fsp3) is 0.231. The molecule has 0 saturated carbocycles. The van der Waals surface area contributed by atoms with Gasteiger partial charge in [0.2, 0.25) is 0 Å². The van der Waals surface area contributed by atoms with E-state index >= 15 is 0 Å². The molecule has 1 saturated heterocycles. The Hall–Kier alpha value is -3.17. The number of rotatable bonds is 3. The van der Waals surface area contributed by atoms with Crippen molar-refractivity contribution >= 4 is 23.6 Å². The molecule has 1 aliphatic heterocycles. The summed E-state index contributed by atoms with van der Waals surface area (Å²) in [6.45, 7) is 2.95. The minimum absolute atomic E-state index is 0.0901. The molecule has 164 valence electrons. The number of aromatic nitrogens is 1. The van der Waals surface area contributed by atoms with Gasteiger partial charge in [-0.2, -0.15) is 0 Å². The van der Waals surface area contributed by atoms with Gasteiger partial charge in [-0.15, -0.1) is 0 Å². The van der Waals surface area contributed by atoms with Crippen LogP contribution in [0.4, 0.5) is 5.69 Å². The highest BCUT2D eigenvalue weighted by molar-refractivity contribution is 6.30. The molecule has 1 aromatic heterocycles. The van der Waals surface area contributed by atoms with Crippen LogP contribution in [0.15, 0.2) is 66.9 Å². The number of halogens is 1. The maximum absolute atomic E-state index is 10.1. The third-order valence-corrected chi connectivity index (χ3v) is 5.40. The number of hydrogen-bond donors (Lipinski definition) is 2. The number of likely N-dealkylation sites (tertiary alicyclic amines) is 1. The number of hydrogen-bond acceptors (Lipinski definition) is 5. The average molecular weight is 448 g/mol. The molecule has 0 radical (unpaired) electrons. The van der Waals surface area contributed by atoms with Crippen molar-refractivity contribution in [2.45, 2.75) is 25.5 Å². The first-order valence-electron chi connectivity index (χ1n) is 10.5. The van der Waals surface area contributed by atoms with Crippen molar-refractivity contribution in [3.05, 3.63) is 83.1 Å². The molecule has 2 heterocycles. The second-order valence-corrected chi connectivity index (χ2v) is 8.01. The smallest absolute Gasteiger partial charge is 0.193 e. The highest BCUT2D eigenvalue weighted by atomic mass is 35.5. The molecule has 32 heavy (non-hydrogen) atoms. The Morgan fingerprint density at radius 3 is 2.28 bits per heavy atom. The van der Waals surface area contributed by atoms with Crippen molar-refractivity contribution in [1.29, 1.82) is 0 Å². The highest BCUT2D eigenvalue weighted by Crippen LogP contribution is 2.20. The number of nitrogens with two attached hydrogens (primary N) is 1. The molecular weight excluding hydrogens is 422 g/mol. The molecule has 0 aliphatic carbocycles. The zero-order chi connectivity index (χ0) is 22.8. The van der Waals surface area contributed by atoms with E-state index in [0.29, 0.717) is 17.0 Å². The number of aliphatic hydroxyl groups is 1. The van der Waals surface area contributed by atoms with E-state index < -0.39 is 0 Å². The summed E-state index contributed by atoms with van der Waals surface area (Å²) in [7, 11) is 0. The summed E-state index contributed by atoms with van der Waals surface area (Å²) >= 11 is 5.81. The number of carbonyl (C=O) groups excluding carboxylic acids is 1. The van der Waals surface area contributed by atoms with E-state index in [1.807, 2.05) is 42.5 Å². The highest BCUT2D eigenvalue weighted by Gasteiger charge is 2.16. The summed E-state index contributed by atoms with van der Waals surface area (Å²) in [6, 6.07) is 19.2. The van der Waals surface area contributed by atoms with Gasteiger partial charge < -0.3 is 10.8 Å². The van der Waals surface area contributed by atoms with Crippen molar-refractivity contribution in [3.63, 3.8) is 0 Å². The molecule has 0 spiro atoms. The number of aliphatic hydroxyl groups excluding tert-OH is 1. The molecule has 1 fully saturated rings. The number of piperidine rings is 1. The number of nitrogens with zero attached hydrogens (tertiary/aromatic N) is 2. The fourth-order valence-corrected chi connectivity index (χ4v) is 3.47. The van der Waals surface area contributed by atoms with Gasteiger partial charge in [0, 0.05) is 42.1 Å². The van der Waals surface area contributed by atoms with E-state index in [2.05, 4.69) is 33.9 Å². The Kier molecular flexibility index (Phi) is 8.82. The summed E-state index contributed by atoms with van der Waals surface area (Å²) in [5.41, 5.74) is 10.3. The standard InChI is InChI=1S/C14H8ClNO.C12H18N2O/c15-13-6-3-11(4-7-13)12-5-8-14(16-10-12)2-1-9-17;13-11-3-1-10(2-4-11)9-14-7-5-12(15)6-8-14/h3-10H;1-4,12,15H,5-9,13H2. The van der Waals surface area contributed by atoms with Gasteiger partial charge in [-0.1, -0.05) is 41.9 Å². The number of aldehydes is 1. The van der Waals surface area contributed by atoms with Crippen LogP contribution in [0.2, 0.25) is 5.02 Å². The van der Waals surface area contributed by atoms with Gasteiger partial charge in [-0.3, -0.25) is 9.69 Å². The Balaban J connectivity index is 0.000000182. The minimum atomic E-state index is -0.0901. The minimum Gasteiger partial charge on any atom is -0.399 e. The van der Waals surface area contributed by atoms with Gasteiger partial charge in [0.25, 0.3) is 0 Å². The van der Waals surface area contributed by atoms with Gasteiger partial charge in [-0.25, -0.2) is 4.98 Å². The van der Waals surface area contributed by atoms with Crippen LogP contribution >= 0.6 is 11.6 Å². The SMILES string of the molecule is Nc1ccc(CN2CCC(O)CC2)cc1.O=CC#Cc1ccc(-c2ccc(Cl)cc2)cn1. The third kappa shape index (κ3) is 7.51. The number of benzene rings is 2. The molecule has 0 amide bonds. The normalized spacial score (nSPS) is 13.9. The lowest BCUT2D eigenvalue weighted by atomic mass is 10.1. The molecule has 4 rings (SSSR count). The first-order valence-corrected chi connectivity index (χ1v) is 10.8. The van der Waals surface area contributed by atoms with Crippen molar-refractivity contribution in [3.8, 4) is 23.0 Å². The van der Waals surface area contributed by atoms with Crippen LogP contribution < -0.4 is 5.73 Å². The molecule has 1 aliphatic rings. The van der Waals surface area contributed by atoms with Crippen LogP contribution in [0.1, 0.15) is 24.1 Å². The second-order valence-electron chi connectivity index (χ2n) is 7.58. The van der Waals surface area contributed by atoms with Crippen LogP contribution in [-0.4, -0.2) is 40.5 Å². The first-order chi connectivity index (χ1) is 15.5. The molecule has 6 heteroatoms. The Morgan fingerprint density at radius 2 is 1.69 bits per heavy atom. The van der Waals surface area contributed by atoms with Gasteiger partial charge in [0.1, 0.15) is 5.69 Å². The van der Waals surface area contributed by atoms with Crippen molar-refractivity contribution in [2.24, 2.45) is 0 Å². The number of anilines is 1. The third-order valence-electron chi connectivity index (χ3n) is 5.14. The second kappa shape index (κ2) is 12.0. The summed E-state index contributed by atoms with van der Waals surface area (Å²) < 4.78 is 0. The predicted molar refractivity (Wildman–Crippen MR) is 129 cm³/mol. The maximum atomic E-state index is 10.1. The van der Waals surface area contributed by atoms with E-state index in [1.165, 1.54) is 5.56 Å². The Labute approximate surface area is 193 Å².